The van der Waals surface area contributed by atoms with Gasteiger partial charge in [-0.3, -0.25) is 9.59 Å². The number of nitrogens with one attached hydrogen (secondary N) is 3. The van der Waals surface area contributed by atoms with Crippen LogP contribution < -0.4 is 25.4 Å². The number of hydrogen-bond donors (Lipinski definition) is 3. The molecule has 7 heteroatoms. The fourth-order valence-electron chi connectivity index (χ4n) is 3.97. The van der Waals surface area contributed by atoms with E-state index in [1.165, 1.54) is 11.1 Å². The van der Waals surface area contributed by atoms with Crippen molar-refractivity contribution in [2.24, 2.45) is 5.92 Å². The summed E-state index contributed by atoms with van der Waals surface area (Å²) in [7, 11) is 0. The highest BCUT2D eigenvalue weighted by molar-refractivity contribution is 5.98. The molecule has 0 aliphatic carbocycles. The first-order valence-electron chi connectivity index (χ1n) is 10.8. The summed E-state index contributed by atoms with van der Waals surface area (Å²) in [4.78, 5) is 26.0. The van der Waals surface area contributed by atoms with Gasteiger partial charge in [0.05, 0.1) is 6.04 Å². The highest BCUT2D eigenvalue weighted by Gasteiger charge is 2.29. The summed E-state index contributed by atoms with van der Waals surface area (Å²) in [5.74, 6) is 1.13. The second kappa shape index (κ2) is 9.39. The van der Waals surface area contributed by atoms with Gasteiger partial charge in [-0.1, -0.05) is 38.1 Å². The molecule has 0 fully saturated rings. The Morgan fingerprint density at radius 1 is 1.06 bits per heavy atom. The predicted molar refractivity (Wildman–Crippen MR) is 118 cm³/mol. The lowest BCUT2D eigenvalue weighted by atomic mass is 9.95. The van der Waals surface area contributed by atoms with Crippen molar-refractivity contribution in [3.63, 3.8) is 0 Å². The molecule has 2 aliphatic heterocycles. The molecule has 0 aromatic heterocycles. The SMILES string of the molecule is CC(C)C[C@@H](NC(=O)[C@@H]1Cc2ccccc2CN1)C(=O)Nc1ccc2c(c1)OCCO2. The summed E-state index contributed by atoms with van der Waals surface area (Å²) in [5, 5.41) is 9.16. The van der Waals surface area contributed by atoms with Crippen molar-refractivity contribution in [2.45, 2.75) is 45.3 Å². The van der Waals surface area contributed by atoms with Crippen molar-refractivity contribution in [2.75, 3.05) is 18.5 Å². The van der Waals surface area contributed by atoms with Gasteiger partial charge in [-0.2, -0.15) is 0 Å². The Morgan fingerprint density at radius 3 is 2.58 bits per heavy atom. The maximum Gasteiger partial charge on any atom is 0.246 e. The minimum absolute atomic E-state index is 0.155. The van der Waals surface area contributed by atoms with Crippen LogP contribution >= 0.6 is 0 Å². The molecule has 0 saturated carbocycles. The topological polar surface area (TPSA) is 88.7 Å². The van der Waals surface area contributed by atoms with Gasteiger partial charge in [0.2, 0.25) is 11.8 Å². The third-order valence-electron chi connectivity index (χ3n) is 5.55. The van der Waals surface area contributed by atoms with E-state index in [2.05, 4.69) is 28.1 Å². The lowest BCUT2D eigenvalue weighted by Gasteiger charge is -2.28. The molecule has 31 heavy (non-hydrogen) atoms. The van der Waals surface area contributed by atoms with Crippen LogP contribution in [0.25, 0.3) is 0 Å². The molecule has 7 nitrogen and oxygen atoms in total. The Hall–Kier alpha value is -3.06. The van der Waals surface area contributed by atoms with Gasteiger partial charge in [0.1, 0.15) is 19.3 Å². The molecule has 164 valence electrons. The van der Waals surface area contributed by atoms with E-state index in [4.69, 9.17) is 9.47 Å². The lowest BCUT2D eigenvalue weighted by Crippen LogP contribution is -2.53. The second-order valence-electron chi connectivity index (χ2n) is 8.44. The smallest absolute Gasteiger partial charge is 0.246 e. The van der Waals surface area contributed by atoms with Crippen LogP contribution in [-0.2, 0) is 22.6 Å². The average Bonchev–Trinajstić information content (AvgIpc) is 2.77. The predicted octanol–water partition coefficient (Wildman–Crippen LogP) is 2.64. The van der Waals surface area contributed by atoms with Gasteiger partial charge in [0.15, 0.2) is 11.5 Å². The number of ether oxygens (including phenoxy) is 2. The van der Waals surface area contributed by atoms with Crippen LogP contribution in [0.15, 0.2) is 42.5 Å². The molecule has 4 rings (SSSR count). The number of amides is 2. The van der Waals surface area contributed by atoms with E-state index in [-0.39, 0.29) is 23.8 Å². The van der Waals surface area contributed by atoms with Crippen LogP contribution in [0.2, 0.25) is 0 Å². The molecule has 2 heterocycles. The van der Waals surface area contributed by atoms with Crippen LogP contribution in [0.5, 0.6) is 11.5 Å². The number of fused-ring (bicyclic) bond motifs is 2. The largest absolute Gasteiger partial charge is 0.486 e. The van der Waals surface area contributed by atoms with E-state index in [1.807, 2.05) is 26.0 Å². The molecule has 2 aromatic rings. The van der Waals surface area contributed by atoms with Gasteiger partial charge in [-0.15, -0.1) is 0 Å². The molecule has 2 aliphatic rings. The van der Waals surface area contributed by atoms with Crippen LogP contribution in [0.3, 0.4) is 0 Å². The monoisotopic (exact) mass is 423 g/mol. The molecule has 3 N–H and O–H groups in total. The fourth-order valence-corrected chi connectivity index (χ4v) is 3.97. The summed E-state index contributed by atoms with van der Waals surface area (Å²) in [6, 6.07) is 12.4. The summed E-state index contributed by atoms with van der Waals surface area (Å²) >= 11 is 0. The summed E-state index contributed by atoms with van der Waals surface area (Å²) < 4.78 is 11.1. The van der Waals surface area contributed by atoms with Crippen LogP contribution in [0.1, 0.15) is 31.4 Å². The van der Waals surface area contributed by atoms with Crippen molar-refractivity contribution >= 4 is 17.5 Å². The summed E-state index contributed by atoms with van der Waals surface area (Å²) in [6.45, 7) is 5.71. The molecule has 2 aromatic carbocycles. The Labute approximate surface area is 182 Å². The average molecular weight is 424 g/mol. The highest BCUT2D eigenvalue weighted by atomic mass is 16.6. The Kier molecular flexibility index (Phi) is 6.42. The third-order valence-corrected chi connectivity index (χ3v) is 5.55. The van der Waals surface area contributed by atoms with Crippen LogP contribution in [-0.4, -0.2) is 37.1 Å². The minimum Gasteiger partial charge on any atom is -0.486 e. The van der Waals surface area contributed by atoms with E-state index < -0.39 is 6.04 Å². The maximum atomic E-state index is 13.0. The van der Waals surface area contributed by atoms with E-state index >= 15 is 0 Å². The Bertz CT molecular complexity index is 960. The van der Waals surface area contributed by atoms with Gasteiger partial charge in [0, 0.05) is 18.3 Å². The lowest BCUT2D eigenvalue weighted by molar-refractivity contribution is -0.128. The molecular weight excluding hydrogens is 394 g/mol. The molecular formula is C24H29N3O4. The second-order valence-corrected chi connectivity index (χ2v) is 8.44. The first kappa shape index (κ1) is 21.2. The molecule has 0 radical (unpaired) electrons. The number of anilines is 1. The Balaban J connectivity index is 1.42. The molecule has 0 bridgehead atoms. The van der Waals surface area contributed by atoms with Crippen molar-refractivity contribution in [1.82, 2.24) is 10.6 Å². The van der Waals surface area contributed by atoms with Gasteiger partial charge in [-0.25, -0.2) is 0 Å². The first-order chi connectivity index (χ1) is 15.0. The van der Waals surface area contributed by atoms with E-state index in [9.17, 15) is 9.59 Å². The van der Waals surface area contributed by atoms with Gasteiger partial charge in [-0.05, 0) is 42.0 Å². The first-order valence-corrected chi connectivity index (χ1v) is 10.8. The standard InChI is InChI=1S/C24H29N3O4/c1-15(2)11-20(24(29)26-18-7-8-21-22(13-18)31-10-9-30-21)27-23(28)19-12-16-5-3-4-6-17(16)14-25-19/h3-8,13,15,19-20,25H,9-12,14H2,1-2H3,(H,26,29)(H,27,28)/t19-,20+/m0/s1. The zero-order chi connectivity index (χ0) is 21.8. The quantitative estimate of drug-likeness (QED) is 0.665. The van der Waals surface area contributed by atoms with E-state index in [0.717, 1.165) is 0 Å². The van der Waals surface area contributed by atoms with Crippen LogP contribution in [0.4, 0.5) is 5.69 Å². The van der Waals surface area contributed by atoms with Crippen molar-refractivity contribution < 1.29 is 19.1 Å². The van der Waals surface area contributed by atoms with Gasteiger partial charge < -0.3 is 25.4 Å². The molecule has 2 atom stereocenters. The maximum absolute atomic E-state index is 13.0. The highest BCUT2D eigenvalue weighted by Crippen LogP contribution is 2.32. The summed E-state index contributed by atoms with van der Waals surface area (Å²) in [6.07, 6.45) is 1.16. The zero-order valence-corrected chi connectivity index (χ0v) is 17.9. The van der Waals surface area contributed by atoms with Crippen molar-refractivity contribution in [3.05, 3.63) is 53.6 Å². The minimum atomic E-state index is -0.625. The molecule has 0 unspecified atom stereocenters. The van der Waals surface area contributed by atoms with E-state index in [1.54, 1.807) is 18.2 Å². The fraction of sp³-hybridized carbons (Fsp3) is 0.417. The molecule has 2 amide bonds. The number of benzene rings is 2. The molecule has 0 saturated heterocycles. The van der Waals surface area contributed by atoms with Gasteiger partial charge >= 0.3 is 0 Å². The zero-order valence-electron chi connectivity index (χ0n) is 17.9. The van der Waals surface area contributed by atoms with Crippen molar-refractivity contribution in [3.8, 4) is 11.5 Å². The van der Waals surface area contributed by atoms with Crippen molar-refractivity contribution in [1.29, 1.82) is 0 Å². The van der Waals surface area contributed by atoms with Crippen LogP contribution in [0, 0.1) is 5.92 Å². The number of carbonyl (C=O) groups excluding carboxylic acids is 2. The van der Waals surface area contributed by atoms with E-state index in [0.29, 0.717) is 49.8 Å². The number of rotatable bonds is 6. The summed E-state index contributed by atoms with van der Waals surface area (Å²) in [5.41, 5.74) is 2.99. The molecule has 0 spiro atoms. The van der Waals surface area contributed by atoms with Gasteiger partial charge in [0.25, 0.3) is 0 Å². The third kappa shape index (κ3) is 5.17. The Morgan fingerprint density at radius 2 is 1.81 bits per heavy atom. The number of carbonyl (C=O) groups is 2. The normalized spacial score (nSPS) is 18.1. The number of hydrogen-bond acceptors (Lipinski definition) is 5.